The number of hydrogen-bond acceptors (Lipinski definition) is 4. The lowest BCUT2D eigenvalue weighted by Crippen LogP contribution is -2.38. The smallest absolute Gasteiger partial charge is 0.253 e. The van der Waals surface area contributed by atoms with E-state index in [1.165, 1.54) is 0 Å². The molecule has 1 saturated heterocycles. The molecule has 0 aliphatic carbocycles. The van der Waals surface area contributed by atoms with Crippen molar-refractivity contribution in [3.8, 4) is 11.1 Å². The summed E-state index contributed by atoms with van der Waals surface area (Å²) in [7, 11) is 0. The van der Waals surface area contributed by atoms with Gasteiger partial charge in [0.15, 0.2) is 0 Å². The topological polar surface area (TPSA) is 65.5 Å². The maximum absolute atomic E-state index is 12.8. The highest BCUT2D eigenvalue weighted by molar-refractivity contribution is 6.30. The van der Waals surface area contributed by atoms with Crippen molar-refractivity contribution in [3.63, 3.8) is 0 Å². The molecule has 28 heavy (non-hydrogen) atoms. The Hall–Kier alpha value is -2.11. The summed E-state index contributed by atoms with van der Waals surface area (Å²) >= 11 is 6.05. The van der Waals surface area contributed by atoms with E-state index in [1.54, 1.807) is 6.20 Å². The minimum Gasteiger partial charge on any atom is -0.394 e. The second-order valence-corrected chi connectivity index (χ2v) is 8.22. The number of carbonyl (C=O) groups is 1. The van der Waals surface area contributed by atoms with Crippen molar-refractivity contribution in [2.24, 2.45) is 5.92 Å². The van der Waals surface area contributed by atoms with E-state index in [2.05, 4.69) is 29.0 Å². The number of amides is 1. The van der Waals surface area contributed by atoms with E-state index in [0.29, 0.717) is 16.5 Å². The Morgan fingerprint density at radius 2 is 1.93 bits per heavy atom. The third kappa shape index (κ3) is 5.03. The number of aliphatic hydroxyl groups excluding tert-OH is 1. The summed E-state index contributed by atoms with van der Waals surface area (Å²) in [6.45, 7) is 6.01. The number of carbonyl (C=O) groups excluding carboxylic acids is 1. The van der Waals surface area contributed by atoms with Crippen LogP contribution in [0.25, 0.3) is 11.1 Å². The van der Waals surface area contributed by atoms with Crippen LogP contribution in [0.5, 0.6) is 0 Å². The lowest BCUT2D eigenvalue weighted by molar-refractivity contribution is 0.0908. The number of nitrogens with one attached hydrogen (secondary N) is 1. The summed E-state index contributed by atoms with van der Waals surface area (Å²) in [5.74, 6) is 1.07. The van der Waals surface area contributed by atoms with Crippen LogP contribution in [-0.2, 0) is 0 Å². The lowest BCUT2D eigenvalue weighted by atomic mass is 10.0. The van der Waals surface area contributed by atoms with Gasteiger partial charge in [-0.2, -0.15) is 0 Å². The molecule has 0 unspecified atom stereocenters. The van der Waals surface area contributed by atoms with Crippen LogP contribution in [0, 0.1) is 5.92 Å². The van der Waals surface area contributed by atoms with Gasteiger partial charge in [0.05, 0.1) is 18.2 Å². The van der Waals surface area contributed by atoms with Crippen molar-refractivity contribution in [1.29, 1.82) is 0 Å². The quantitative estimate of drug-likeness (QED) is 0.731. The van der Waals surface area contributed by atoms with Crippen LogP contribution in [0.4, 0.5) is 5.82 Å². The van der Waals surface area contributed by atoms with Gasteiger partial charge in [0, 0.05) is 29.9 Å². The molecule has 0 bridgehead atoms. The third-order valence-electron chi connectivity index (χ3n) is 5.00. The fourth-order valence-electron chi connectivity index (χ4n) is 3.62. The van der Waals surface area contributed by atoms with Crippen LogP contribution in [0.1, 0.15) is 43.5 Å². The van der Waals surface area contributed by atoms with Crippen LogP contribution >= 0.6 is 11.6 Å². The summed E-state index contributed by atoms with van der Waals surface area (Å²) in [5, 5.41) is 13.2. The van der Waals surface area contributed by atoms with Crippen LogP contribution < -0.4 is 10.2 Å². The average Bonchev–Trinajstić information content (AvgIpc) is 3.21. The molecule has 5 nitrogen and oxygen atoms in total. The SMILES string of the molecule is CC(C)C[C@@H](CO)NC(=O)c1cnc(N2CCCC2)c(-c2ccc(Cl)cc2)c1. The summed E-state index contributed by atoms with van der Waals surface area (Å²) in [6, 6.07) is 9.24. The molecule has 3 rings (SSSR count). The summed E-state index contributed by atoms with van der Waals surface area (Å²) in [4.78, 5) is 19.7. The first-order chi connectivity index (χ1) is 13.5. The molecular formula is C22H28ClN3O2. The Morgan fingerprint density at radius 3 is 2.54 bits per heavy atom. The van der Waals surface area contributed by atoms with Crippen LogP contribution in [0.3, 0.4) is 0 Å². The Morgan fingerprint density at radius 1 is 1.25 bits per heavy atom. The van der Waals surface area contributed by atoms with Gasteiger partial charge in [0.2, 0.25) is 0 Å². The highest BCUT2D eigenvalue weighted by atomic mass is 35.5. The fraction of sp³-hybridized carbons (Fsp3) is 0.455. The van der Waals surface area contributed by atoms with E-state index < -0.39 is 0 Å². The van der Waals surface area contributed by atoms with Gasteiger partial charge in [-0.25, -0.2) is 4.98 Å². The minimum atomic E-state index is -0.259. The zero-order valence-electron chi connectivity index (χ0n) is 16.5. The summed E-state index contributed by atoms with van der Waals surface area (Å²) in [6.07, 6.45) is 4.66. The number of nitrogens with zero attached hydrogens (tertiary/aromatic N) is 2. The maximum atomic E-state index is 12.8. The van der Waals surface area contributed by atoms with Crippen LogP contribution in [-0.4, -0.2) is 41.7 Å². The van der Waals surface area contributed by atoms with Gasteiger partial charge in [-0.15, -0.1) is 0 Å². The molecule has 2 aromatic rings. The first-order valence-corrected chi connectivity index (χ1v) is 10.3. The Bertz CT molecular complexity index is 802. The Labute approximate surface area is 171 Å². The minimum absolute atomic E-state index is 0.0761. The Balaban J connectivity index is 1.91. The molecular weight excluding hydrogens is 374 g/mol. The first-order valence-electron chi connectivity index (χ1n) is 9.90. The van der Waals surface area contributed by atoms with Gasteiger partial charge in [-0.3, -0.25) is 4.79 Å². The number of benzene rings is 1. The molecule has 0 radical (unpaired) electrons. The number of hydrogen-bond donors (Lipinski definition) is 2. The number of aliphatic hydroxyl groups is 1. The van der Waals surface area contributed by atoms with Gasteiger partial charge < -0.3 is 15.3 Å². The molecule has 1 aromatic carbocycles. The van der Waals surface area contributed by atoms with E-state index in [-0.39, 0.29) is 18.6 Å². The highest BCUT2D eigenvalue weighted by Gasteiger charge is 2.21. The first kappa shape index (κ1) is 20.6. The second kappa shape index (κ2) is 9.39. The summed E-state index contributed by atoms with van der Waals surface area (Å²) < 4.78 is 0. The Kier molecular flexibility index (Phi) is 6.92. The standard InChI is InChI=1S/C22H28ClN3O2/c1-15(2)11-19(14-27)25-22(28)17-12-20(16-5-7-18(23)8-6-16)21(24-13-17)26-9-3-4-10-26/h5-8,12-13,15,19,27H,3-4,9-11,14H2,1-2H3,(H,25,28)/t19-/m0/s1. The van der Waals surface area contributed by atoms with Crippen molar-refractivity contribution in [3.05, 3.63) is 47.1 Å². The molecule has 1 amide bonds. The molecule has 1 atom stereocenters. The summed E-state index contributed by atoms with van der Waals surface area (Å²) in [5.41, 5.74) is 2.40. The number of rotatable bonds is 7. The second-order valence-electron chi connectivity index (χ2n) is 7.78. The van der Waals surface area contributed by atoms with Gasteiger partial charge >= 0.3 is 0 Å². The zero-order chi connectivity index (χ0) is 20.1. The maximum Gasteiger partial charge on any atom is 0.253 e. The normalized spacial score (nSPS) is 15.1. The van der Waals surface area contributed by atoms with Gasteiger partial charge in [-0.05, 0) is 48.9 Å². The van der Waals surface area contributed by atoms with Crippen molar-refractivity contribution >= 4 is 23.3 Å². The number of aromatic nitrogens is 1. The van der Waals surface area contributed by atoms with Gasteiger partial charge in [0.25, 0.3) is 5.91 Å². The van der Waals surface area contributed by atoms with Crippen LogP contribution in [0.15, 0.2) is 36.5 Å². The molecule has 1 aromatic heterocycles. The number of pyridine rings is 1. The third-order valence-corrected chi connectivity index (χ3v) is 5.25. The van der Waals surface area contributed by atoms with Crippen molar-refractivity contribution in [1.82, 2.24) is 10.3 Å². The predicted octanol–water partition coefficient (Wildman–Crippen LogP) is 4.14. The largest absolute Gasteiger partial charge is 0.394 e. The zero-order valence-corrected chi connectivity index (χ0v) is 17.2. The molecule has 6 heteroatoms. The number of anilines is 1. The van der Waals surface area contributed by atoms with Crippen molar-refractivity contribution < 1.29 is 9.90 Å². The van der Waals surface area contributed by atoms with Gasteiger partial charge in [-0.1, -0.05) is 37.6 Å². The molecule has 1 aliphatic rings. The predicted molar refractivity (Wildman–Crippen MR) is 114 cm³/mol. The lowest BCUT2D eigenvalue weighted by Gasteiger charge is -2.22. The average molecular weight is 402 g/mol. The molecule has 0 spiro atoms. The van der Waals surface area contributed by atoms with Crippen molar-refractivity contribution in [2.45, 2.75) is 39.2 Å². The molecule has 0 saturated carbocycles. The molecule has 1 aliphatic heterocycles. The molecule has 2 N–H and O–H groups in total. The molecule has 2 heterocycles. The van der Waals surface area contributed by atoms with Crippen molar-refractivity contribution in [2.75, 3.05) is 24.6 Å². The highest BCUT2D eigenvalue weighted by Crippen LogP contribution is 2.32. The van der Waals surface area contributed by atoms with E-state index in [4.69, 9.17) is 11.6 Å². The fourth-order valence-corrected chi connectivity index (χ4v) is 3.75. The van der Waals surface area contributed by atoms with E-state index in [1.807, 2.05) is 30.3 Å². The van der Waals surface area contributed by atoms with Gasteiger partial charge in [0.1, 0.15) is 5.82 Å². The number of halogens is 1. The molecule has 1 fully saturated rings. The monoisotopic (exact) mass is 401 g/mol. The van der Waals surface area contributed by atoms with E-state index in [9.17, 15) is 9.90 Å². The van der Waals surface area contributed by atoms with Crippen LogP contribution in [0.2, 0.25) is 5.02 Å². The van der Waals surface area contributed by atoms with E-state index >= 15 is 0 Å². The van der Waals surface area contributed by atoms with E-state index in [0.717, 1.165) is 49.3 Å². The molecule has 150 valence electrons.